The van der Waals surface area contributed by atoms with Gasteiger partial charge in [-0.05, 0) is 62.2 Å². The van der Waals surface area contributed by atoms with Crippen LogP contribution >= 0.6 is 0 Å². The van der Waals surface area contributed by atoms with Crippen molar-refractivity contribution in [2.45, 2.75) is 63.5 Å². The van der Waals surface area contributed by atoms with Crippen LogP contribution in [0.2, 0.25) is 0 Å². The largest absolute Gasteiger partial charge is 0.333 e. The van der Waals surface area contributed by atoms with Crippen LogP contribution in [-0.4, -0.2) is 15.6 Å². The number of imidazole rings is 1. The summed E-state index contributed by atoms with van der Waals surface area (Å²) in [6.07, 6.45) is 12.0. The second-order valence-corrected chi connectivity index (χ2v) is 7.99. The van der Waals surface area contributed by atoms with Crippen molar-refractivity contribution in [2.24, 2.45) is 29.4 Å². The van der Waals surface area contributed by atoms with Crippen LogP contribution in [-0.2, 0) is 13.0 Å². The highest BCUT2D eigenvalue weighted by molar-refractivity contribution is 5.18. The standard InChI is InChI=1S/C17H25N3/c18-14-1-2-16-19-15(9-20(16)8-14)17-12-4-10-3-11(6-12)7-13(17)5-10/h9-14,17H,1-8,18H2. The summed E-state index contributed by atoms with van der Waals surface area (Å²) in [4.78, 5) is 5.04. The van der Waals surface area contributed by atoms with Gasteiger partial charge in [-0.15, -0.1) is 0 Å². The van der Waals surface area contributed by atoms with Crippen molar-refractivity contribution in [3.8, 4) is 0 Å². The minimum Gasteiger partial charge on any atom is -0.333 e. The third-order valence-electron chi connectivity index (χ3n) is 6.62. The molecule has 3 heteroatoms. The van der Waals surface area contributed by atoms with Crippen LogP contribution in [0.3, 0.4) is 0 Å². The van der Waals surface area contributed by atoms with Gasteiger partial charge in [0.05, 0.1) is 5.69 Å². The minimum atomic E-state index is 0.336. The molecule has 4 bridgehead atoms. The molecule has 4 aliphatic carbocycles. The fourth-order valence-corrected chi connectivity index (χ4v) is 6.06. The zero-order valence-corrected chi connectivity index (χ0v) is 12.2. The Balaban J connectivity index is 1.48. The molecule has 108 valence electrons. The monoisotopic (exact) mass is 271 g/mol. The van der Waals surface area contributed by atoms with Crippen molar-refractivity contribution in [1.82, 2.24) is 9.55 Å². The van der Waals surface area contributed by atoms with Crippen molar-refractivity contribution in [1.29, 1.82) is 0 Å². The Hall–Kier alpha value is -0.830. The van der Waals surface area contributed by atoms with E-state index in [-0.39, 0.29) is 0 Å². The maximum atomic E-state index is 6.10. The van der Waals surface area contributed by atoms with Gasteiger partial charge < -0.3 is 10.3 Å². The quantitative estimate of drug-likeness (QED) is 0.853. The smallest absolute Gasteiger partial charge is 0.109 e. The van der Waals surface area contributed by atoms with E-state index >= 15 is 0 Å². The Morgan fingerprint density at radius 3 is 2.45 bits per heavy atom. The van der Waals surface area contributed by atoms with Crippen molar-refractivity contribution in [2.75, 3.05) is 0 Å². The second kappa shape index (κ2) is 4.09. The number of aryl methyl sites for hydroxylation is 1. The zero-order valence-electron chi connectivity index (χ0n) is 12.2. The van der Waals surface area contributed by atoms with Crippen LogP contribution in [0, 0.1) is 23.7 Å². The summed E-state index contributed by atoms with van der Waals surface area (Å²) in [5, 5.41) is 0. The Morgan fingerprint density at radius 1 is 1.05 bits per heavy atom. The summed E-state index contributed by atoms with van der Waals surface area (Å²) in [5.41, 5.74) is 7.52. The second-order valence-electron chi connectivity index (χ2n) is 7.99. The molecule has 1 aromatic rings. The average molecular weight is 271 g/mol. The Labute approximate surface area is 120 Å². The SMILES string of the molecule is NC1CCc2nc(C3C4CC5CC(C4)CC3C5)cn2C1. The van der Waals surface area contributed by atoms with Crippen molar-refractivity contribution >= 4 is 0 Å². The van der Waals surface area contributed by atoms with E-state index in [1.54, 1.807) is 0 Å². The van der Waals surface area contributed by atoms with E-state index in [1.807, 2.05) is 0 Å². The zero-order chi connectivity index (χ0) is 13.3. The normalized spacial score (nSPS) is 45.6. The first kappa shape index (κ1) is 11.8. The molecule has 1 unspecified atom stereocenters. The molecule has 3 nitrogen and oxygen atoms in total. The number of rotatable bonds is 1. The van der Waals surface area contributed by atoms with Crippen LogP contribution in [0.5, 0.6) is 0 Å². The van der Waals surface area contributed by atoms with Gasteiger partial charge in [0.15, 0.2) is 0 Å². The first-order valence-electron chi connectivity index (χ1n) is 8.58. The van der Waals surface area contributed by atoms with Gasteiger partial charge >= 0.3 is 0 Å². The molecule has 0 saturated heterocycles. The fourth-order valence-electron chi connectivity index (χ4n) is 6.06. The van der Waals surface area contributed by atoms with Crippen molar-refractivity contribution in [3.63, 3.8) is 0 Å². The summed E-state index contributed by atoms with van der Waals surface area (Å²) in [6, 6.07) is 0.336. The van der Waals surface area contributed by atoms with Crippen LogP contribution < -0.4 is 5.73 Å². The third kappa shape index (κ3) is 1.65. The van der Waals surface area contributed by atoms with Gasteiger partial charge in [0.2, 0.25) is 0 Å². The Kier molecular flexibility index (Phi) is 2.41. The van der Waals surface area contributed by atoms with Gasteiger partial charge in [0.1, 0.15) is 5.82 Å². The van der Waals surface area contributed by atoms with Crippen LogP contribution in [0.25, 0.3) is 0 Å². The minimum absolute atomic E-state index is 0.336. The van der Waals surface area contributed by atoms with Gasteiger partial charge in [-0.1, -0.05) is 0 Å². The Morgan fingerprint density at radius 2 is 1.75 bits per heavy atom. The van der Waals surface area contributed by atoms with E-state index in [9.17, 15) is 0 Å². The number of hydrogen-bond donors (Lipinski definition) is 1. The van der Waals surface area contributed by atoms with Crippen molar-refractivity contribution in [3.05, 3.63) is 17.7 Å². The molecule has 2 N–H and O–H groups in total. The van der Waals surface area contributed by atoms with E-state index in [1.165, 1.54) is 43.6 Å². The molecular formula is C17H25N3. The lowest BCUT2D eigenvalue weighted by atomic mass is 9.51. The lowest BCUT2D eigenvalue weighted by Crippen LogP contribution is -2.43. The van der Waals surface area contributed by atoms with Crippen LogP contribution in [0.4, 0.5) is 0 Å². The summed E-state index contributed by atoms with van der Waals surface area (Å²) in [7, 11) is 0. The van der Waals surface area contributed by atoms with Gasteiger partial charge in [-0.3, -0.25) is 0 Å². The van der Waals surface area contributed by atoms with Gasteiger partial charge in [0.25, 0.3) is 0 Å². The molecule has 6 rings (SSSR count). The molecule has 2 heterocycles. The van der Waals surface area contributed by atoms with E-state index < -0.39 is 0 Å². The molecule has 1 aliphatic heterocycles. The van der Waals surface area contributed by atoms with Crippen LogP contribution in [0.1, 0.15) is 56.0 Å². The molecule has 4 fully saturated rings. The summed E-state index contributed by atoms with van der Waals surface area (Å²) >= 11 is 0. The van der Waals surface area contributed by atoms with Crippen molar-refractivity contribution < 1.29 is 0 Å². The highest BCUT2D eigenvalue weighted by atomic mass is 15.1. The van der Waals surface area contributed by atoms with E-state index in [0.717, 1.165) is 49.0 Å². The summed E-state index contributed by atoms with van der Waals surface area (Å²) in [6.45, 7) is 0.982. The number of hydrogen-bond acceptors (Lipinski definition) is 2. The topological polar surface area (TPSA) is 43.8 Å². The van der Waals surface area contributed by atoms with Gasteiger partial charge in [0, 0.05) is 31.1 Å². The molecule has 1 aromatic heterocycles. The number of aromatic nitrogens is 2. The predicted octanol–water partition coefficient (Wildman–Crippen LogP) is 2.70. The molecule has 1 atom stereocenters. The third-order valence-corrected chi connectivity index (χ3v) is 6.62. The maximum absolute atomic E-state index is 6.10. The number of nitrogens with two attached hydrogens (primary N) is 1. The molecule has 0 amide bonds. The van der Waals surface area contributed by atoms with E-state index in [2.05, 4.69) is 10.8 Å². The average Bonchev–Trinajstić information content (AvgIpc) is 2.79. The lowest BCUT2D eigenvalue weighted by molar-refractivity contribution is -0.00407. The van der Waals surface area contributed by atoms with Crippen LogP contribution in [0.15, 0.2) is 6.20 Å². The molecule has 0 aromatic carbocycles. The first-order chi connectivity index (χ1) is 9.76. The summed E-state index contributed by atoms with van der Waals surface area (Å²) < 4.78 is 2.36. The van der Waals surface area contributed by atoms with E-state index in [0.29, 0.717) is 6.04 Å². The van der Waals surface area contributed by atoms with E-state index in [4.69, 9.17) is 10.7 Å². The fraction of sp³-hybridized carbons (Fsp3) is 0.824. The predicted molar refractivity (Wildman–Crippen MR) is 78.3 cm³/mol. The number of fused-ring (bicyclic) bond motifs is 1. The molecule has 20 heavy (non-hydrogen) atoms. The maximum Gasteiger partial charge on any atom is 0.109 e. The lowest BCUT2D eigenvalue weighted by Gasteiger charge is -2.54. The van der Waals surface area contributed by atoms with Gasteiger partial charge in [-0.2, -0.15) is 0 Å². The molecule has 0 radical (unpaired) electrons. The Bertz CT molecular complexity index is 504. The van der Waals surface area contributed by atoms with Gasteiger partial charge in [-0.25, -0.2) is 4.98 Å². The molecular weight excluding hydrogens is 246 g/mol. The molecule has 4 saturated carbocycles. The highest BCUT2D eigenvalue weighted by Crippen LogP contribution is 2.59. The number of nitrogens with zero attached hydrogens (tertiary/aromatic N) is 2. The molecule has 5 aliphatic rings. The molecule has 0 spiro atoms. The first-order valence-corrected chi connectivity index (χ1v) is 8.58. The summed E-state index contributed by atoms with van der Waals surface area (Å²) in [5.74, 6) is 6.07. The highest BCUT2D eigenvalue weighted by Gasteiger charge is 2.49.